The fourth-order valence-corrected chi connectivity index (χ4v) is 11.4. The number of benzene rings is 7. The molecule has 57 heavy (non-hydrogen) atoms. The Morgan fingerprint density at radius 2 is 0.930 bits per heavy atom. The lowest BCUT2D eigenvalue weighted by molar-refractivity contribution is -0.00518. The van der Waals surface area contributed by atoms with Crippen molar-refractivity contribution < 1.29 is 4.42 Å². The molecule has 4 heteroatoms. The summed E-state index contributed by atoms with van der Waals surface area (Å²) in [5, 5.41) is 8.74. The second-order valence-corrected chi connectivity index (χ2v) is 17.0. The van der Waals surface area contributed by atoms with Gasteiger partial charge in [-0.25, -0.2) is 15.0 Å². The molecule has 0 spiro atoms. The number of aromatic nitrogens is 3. The van der Waals surface area contributed by atoms with E-state index in [9.17, 15) is 0 Å². The van der Waals surface area contributed by atoms with Crippen LogP contribution >= 0.6 is 0 Å². The van der Waals surface area contributed by atoms with Gasteiger partial charge in [0.15, 0.2) is 17.5 Å². The van der Waals surface area contributed by atoms with E-state index >= 15 is 0 Å². The zero-order valence-electron chi connectivity index (χ0n) is 31.7. The van der Waals surface area contributed by atoms with Crippen LogP contribution in [0.25, 0.3) is 88.4 Å². The summed E-state index contributed by atoms with van der Waals surface area (Å²) < 4.78 is 6.76. The van der Waals surface area contributed by atoms with Gasteiger partial charge in [0.25, 0.3) is 0 Å². The first-order chi connectivity index (χ1) is 28.1. The van der Waals surface area contributed by atoms with Crippen LogP contribution in [0.2, 0.25) is 0 Å². The SMILES string of the molecule is c1ccc2cc(-c3nc(-c4ccc(C56CC7CC(CC(C7)C5)C6)cc4)nc(-c4cccc5c6ccccc6oc6ccccc6c6ccccc6c45)n3)ccc2c1. The van der Waals surface area contributed by atoms with Crippen LogP contribution in [0.4, 0.5) is 0 Å². The molecule has 274 valence electrons. The summed E-state index contributed by atoms with van der Waals surface area (Å²) in [4.78, 5) is 16.0. The lowest BCUT2D eigenvalue weighted by Gasteiger charge is -2.57. The van der Waals surface area contributed by atoms with Gasteiger partial charge in [-0.15, -0.1) is 0 Å². The van der Waals surface area contributed by atoms with Gasteiger partial charge in [0.2, 0.25) is 0 Å². The lowest BCUT2D eigenvalue weighted by atomic mass is 9.48. The smallest absolute Gasteiger partial charge is 0.164 e. The molecule has 2 aromatic heterocycles. The number of hydrogen-bond donors (Lipinski definition) is 0. The molecule has 9 aromatic rings. The summed E-state index contributed by atoms with van der Waals surface area (Å²) in [6.07, 6.45) is 8.38. The van der Waals surface area contributed by atoms with E-state index in [0.29, 0.717) is 22.9 Å². The van der Waals surface area contributed by atoms with Crippen molar-refractivity contribution >= 4 is 54.3 Å². The van der Waals surface area contributed by atoms with E-state index in [1.54, 1.807) is 0 Å². The maximum atomic E-state index is 6.76. The van der Waals surface area contributed by atoms with E-state index in [-0.39, 0.29) is 0 Å². The zero-order valence-corrected chi connectivity index (χ0v) is 31.7. The third-order valence-electron chi connectivity index (χ3n) is 13.5. The van der Waals surface area contributed by atoms with Gasteiger partial charge < -0.3 is 4.42 Å². The molecule has 7 aromatic carbocycles. The van der Waals surface area contributed by atoms with Crippen molar-refractivity contribution in [2.45, 2.75) is 43.9 Å². The van der Waals surface area contributed by atoms with Crippen molar-refractivity contribution in [3.63, 3.8) is 0 Å². The average molecular weight is 736 g/mol. The van der Waals surface area contributed by atoms with Crippen molar-refractivity contribution in [2.75, 3.05) is 0 Å². The van der Waals surface area contributed by atoms with Crippen molar-refractivity contribution in [1.82, 2.24) is 15.0 Å². The van der Waals surface area contributed by atoms with Crippen LogP contribution in [-0.2, 0) is 5.41 Å². The summed E-state index contributed by atoms with van der Waals surface area (Å²) in [6.45, 7) is 0. The summed E-state index contributed by atoms with van der Waals surface area (Å²) in [5.41, 5.74) is 6.40. The fraction of sp³-hybridized carbons (Fsp3) is 0.189. The van der Waals surface area contributed by atoms with E-state index in [2.05, 4.69) is 146 Å². The van der Waals surface area contributed by atoms with Crippen LogP contribution in [0.3, 0.4) is 0 Å². The van der Waals surface area contributed by atoms with Gasteiger partial charge in [-0.1, -0.05) is 140 Å². The summed E-state index contributed by atoms with van der Waals surface area (Å²) in [7, 11) is 0. The monoisotopic (exact) mass is 735 g/mol. The first-order valence-electron chi connectivity index (χ1n) is 20.6. The fourth-order valence-electron chi connectivity index (χ4n) is 11.4. The topological polar surface area (TPSA) is 51.8 Å². The van der Waals surface area contributed by atoms with Crippen LogP contribution in [0.15, 0.2) is 162 Å². The Labute approximate surface area is 331 Å². The molecule has 4 aliphatic rings. The van der Waals surface area contributed by atoms with Gasteiger partial charge in [0.05, 0.1) is 0 Å². The normalized spacial score (nSPS) is 21.2. The molecule has 4 bridgehead atoms. The first kappa shape index (κ1) is 32.8. The maximum Gasteiger partial charge on any atom is 0.164 e. The number of nitrogens with zero attached hydrogens (tertiary/aromatic N) is 3. The molecule has 0 radical (unpaired) electrons. The van der Waals surface area contributed by atoms with E-state index in [1.165, 1.54) is 49.5 Å². The van der Waals surface area contributed by atoms with Crippen molar-refractivity contribution in [3.05, 3.63) is 163 Å². The Kier molecular flexibility index (Phi) is 7.38. The highest BCUT2D eigenvalue weighted by atomic mass is 16.3. The zero-order chi connectivity index (χ0) is 37.5. The molecule has 13 rings (SSSR count). The molecule has 0 N–H and O–H groups in total. The van der Waals surface area contributed by atoms with Crippen LogP contribution < -0.4 is 0 Å². The maximum absolute atomic E-state index is 6.76. The largest absolute Gasteiger partial charge is 0.456 e. The molecule has 0 unspecified atom stereocenters. The Bertz CT molecular complexity index is 3090. The molecule has 0 aliphatic heterocycles. The molecule has 0 atom stereocenters. The number of rotatable bonds is 4. The van der Waals surface area contributed by atoms with Crippen LogP contribution in [0.1, 0.15) is 44.1 Å². The van der Waals surface area contributed by atoms with E-state index in [4.69, 9.17) is 19.4 Å². The minimum atomic E-state index is 0.332. The van der Waals surface area contributed by atoms with Gasteiger partial charge in [0.1, 0.15) is 11.2 Å². The van der Waals surface area contributed by atoms with Crippen molar-refractivity contribution in [1.29, 1.82) is 0 Å². The number of fused-ring (bicyclic) bond motifs is 8. The second-order valence-electron chi connectivity index (χ2n) is 17.0. The molecular formula is C53H41N3O. The minimum absolute atomic E-state index is 0.332. The highest BCUT2D eigenvalue weighted by Gasteiger charge is 2.51. The molecule has 4 fully saturated rings. The standard InChI is InChI=1S/C53H41N3O/c1-2-11-38-29-39(21-20-36(38)10-1)51-54-50(37-22-24-40(25-23-37)53-30-33-26-34(31-53)28-35(27-33)32-53)55-52(56-51)46-17-9-16-45-43-14-6-8-19-48(43)57-47-18-7-5-13-42(47)41-12-3-4-15-44(41)49(45)46/h1-25,29,33-35H,26-28,30-32H2. The van der Waals surface area contributed by atoms with Gasteiger partial charge in [-0.3, -0.25) is 0 Å². The van der Waals surface area contributed by atoms with Crippen LogP contribution in [0, 0.1) is 17.8 Å². The van der Waals surface area contributed by atoms with Gasteiger partial charge in [-0.05, 0) is 112 Å². The highest BCUT2D eigenvalue weighted by Crippen LogP contribution is 2.60. The molecule has 0 amide bonds. The average Bonchev–Trinajstić information content (AvgIpc) is 3.30. The predicted molar refractivity (Wildman–Crippen MR) is 233 cm³/mol. The van der Waals surface area contributed by atoms with Gasteiger partial charge >= 0.3 is 0 Å². The van der Waals surface area contributed by atoms with Crippen LogP contribution in [0.5, 0.6) is 0 Å². The Balaban J connectivity index is 1.12. The second kappa shape index (κ2) is 12.8. The summed E-state index contributed by atoms with van der Waals surface area (Å²) in [6, 6.07) is 56.1. The van der Waals surface area contributed by atoms with E-state index in [0.717, 1.165) is 83.3 Å². The van der Waals surface area contributed by atoms with E-state index < -0.39 is 0 Å². The predicted octanol–water partition coefficient (Wildman–Crippen LogP) is 13.8. The van der Waals surface area contributed by atoms with Gasteiger partial charge in [0, 0.05) is 32.8 Å². The Morgan fingerprint density at radius 1 is 0.421 bits per heavy atom. The quantitative estimate of drug-likeness (QED) is 0.181. The third kappa shape index (κ3) is 5.45. The lowest BCUT2D eigenvalue weighted by Crippen LogP contribution is -2.48. The number of para-hydroxylation sites is 2. The molecule has 4 nitrogen and oxygen atoms in total. The molecule has 0 saturated heterocycles. The molecule has 4 saturated carbocycles. The third-order valence-corrected chi connectivity index (χ3v) is 13.5. The highest BCUT2D eigenvalue weighted by molar-refractivity contribution is 6.22. The molecular weight excluding hydrogens is 695 g/mol. The minimum Gasteiger partial charge on any atom is -0.456 e. The summed E-state index contributed by atoms with van der Waals surface area (Å²) in [5.74, 6) is 4.69. The molecule has 2 heterocycles. The van der Waals surface area contributed by atoms with Gasteiger partial charge in [-0.2, -0.15) is 0 Å². The first-order valence-corrected chi connectivity index (χ1v) is 20.6. The van der Waals surface area contributed by atoms with Crippen molar-refractivity contribution in [3.8, 4) is 34.2 Å². The van der Waals surface area contributed by atoms with Crippen LogP contribution in [-0.4, -0.2) is 15.0 Å². The van der Waals surface area contributed by atoms with E-state index in [1.807, 2.05) is 12.1 Å². The van der Waals surface area contributed by atoms with Crippen molar-refractivity contribution in [2.24, 2.45) is 17.8 Å². The Morgan fingerprint density at radius 3 is 1.63 bits per heavy atom. The number of hydrogen-bond acceptors (Lipinski definition) is 4. The molecule has 4 aliphatic carbocycles. The Hall–Kier alpha value is -6.39. The summed E-state index contributed by atoms with van der Waals surface area (Å²) >= 11 is 0.